The molecule has 0 spiro atoms. The SMILES string of the molecule is O=C(O)c1cccc2c1CCN2c1cc(CO)ccn1. The van der Waals surface area contributed by atoms with Crippen molar-refractivity contribution in [2.24, 2.45) is 0 Å². The van der Waals surface area contributed by atoms with Crippen LogP contribution in [0.2, 0.25) is 0 Å². The number of pyridine rings is 1. The van der Waals surface area contributed by atoms with Gasteiger partial charge in [-0.1, -0.05) is 6.07 Å². The number of carbonyl (C=O) groups is 1. The zero-order valence-electron chi connectivity index (χ0n) is 10.8. The lowest BCUT2D eigenvalue weighted by Gasteiger charge is -2.19. The van der Waals surface area contributed by atoms with Gasteiger partial charge in [-0.05, 0) is 41.8 Å². The summed E-state index contributed by atoms with van der Waals surface area (Å²) in [5.74, 6) is -0.168. The molecule has 5 heteroatoms. The van der Waals surface area contributed by atoms with E-state index >= 15 is 0 Å². The van der Waals surface area contributed by atoms with E-state index in [-0.39, 0.29) is 6.61 Å². The van der Waals surface area contributed by atoms with E-state index in [1.54, 1.807) is 24.4 Å². The average Bonchev–Trinajstić information content (AvgIpc) is 2.91. The Balaban J connectivity index is 2.05. The summed E-state index contributed by atoms with van der Waals surface area (Å²) in [6.07, 6.45) is 2.34. The van der Waals surface area contributed by atoms with Gasteiger partial charge in [0.15, 0.2) is 0 Å². The first-order valence-electron chi connectivity index (χ1n) is 6.39. The lowest BCUT2D eigenvalue weighted by Crippen LogP contribution is -2.14. The molecule has 1 aromatic heterocycles. The molecule has 5 nitrogen and oxygen atoms in total. The number of aromatic nitrogens is 1. The Hall–Kier alpha value is -2.40. The second-order valence-corrected chi connectivity index (χ2v) is 4.69. The molecule has 102 valence electrons. The third-order valence-corrected chi connectivity index (χ3v) is 3.53. The zero-order valence-corrected chi connectivity index (χ0v) is 10.8. The summed E-state index contributed by atoms with van der Waals surface area (Å²) in [6.45, 7) is 0.660. The summed E-state index contributed by atoms with van der Waals surface area (Å²) in [7, 11) is 0. The fourth-order valence-corrected chi connectivity index (χ4v) is 2.58. The number of benzene rings is 1. The molecule has 1 aromatic carbocycles. The van der Waals surface area contributed by atoms with E-state index in [0.29, 0.717) is 18.5 Å². The largest absolute Gasteiger partial charge is 0.478 e. The number of aliphatic hydroxyl groups excluding tert-OH is 1. The summed E-state index contributed by atoms with van der Waals surface area (Å²) in [5.41, 5.74) is 2.87. The summed E-state index contributed by atoms with van der Waals surface area (Å²) in [6, 6.07) is 8.86. The van der Waals surface area contributed by atoms with Crippen molar-refractivity contribution in [2.45, 2.75) is 13.0 Å². The molecule has 2 N–H and O–H groups in total. The second kappa shape index (κ2) is 4.94. The molecule has 0 amide bonds. The third kappa shape index (κ3) is 2.02. The number of carboxylic acid groups (broad SMARTS) is 1. The van der Waals surface area contributed by atoms with Crippen molar-refractivity contribution >= 4 is 17.5 Å². The van der Waals surface area contributed by atoms with Gasteiger partial charge in [-0.15, -0.1) is 0 Å². The molecule has 2 aromatic rings. The number of fused-ring (bicyclic) bond motifs is 1. The highest BCUT2D eigenvalue weighted by Crippen LogP contribution is 2.35. The van der Waals surface area contributed by atoms with Crippen LogP contribution in [-0.2, 0) is 13.0 Å². The topological polar surface area (TPSA) is 73.7 Å². The smallest absolute Gasteiger partial charge is 0.336 e. The third-order valence-electron chi connectivity index (χ3n) is 3.53. The quantitative estimate of drug-likeness (QED) is 0.892. The molecule has 1 aliphatic heterocycles. The first kappa shape index (κ1) is 12.6. The average molecular weight is 270 g/mol. The Bertz CT molecular complexity index is 670. The number of aliphatic hydroxyl groups is 1. The molecule has 0 radical (unpaired) electrons. The molecule has 2 heterocycles. The molecule has 0 atom stereocenters. The molecule has 0 unspecified atom stereocenters. The summed E-state index contributed by atoms with van der Waals surface area (Å²) in [4.78, 5) is 17.5. The van der Waals surface area contributed by atoms with E-state index in [1.165, 1.54) is 0 Å². The van der Waals surface area contributed by atoms with E-state index in [9.17, 15) is 15.0 Å². The maximum Gasteiger partial charge on any atom is 0.336 e. The number of nitrogens with zero attached hydrogens (tertiary/aromatic N) is 2. The van der Waals surface area contributed by atoms with Crippen molar-refractivity contribution in [3.63, 3.8) is 0 Å². The van der Waals surface area contributed by atoms with Crippen LogP contribution >= 0.6 is 0 Å². The first-order chi connectivity index (χ1) is 9.70. The van der Waals surface area contributed by atoms with Crippen molar-refractivity contribution in [1.82, 2.24) is 4.98 Å². The van der Waals surface area contributed by atoms with Crippen LogP contribution in [0.4, 0.5) is 11.5 Å². The van der Waals surface area contributed by atoms with Gasteiger partial charge >= 0.3 is 5.97 Å². The monoisotopic (exact) mass is 270 g/mol. The summed E-state index contributed by atoms with van der Waals surface area (Å²) < 4.78 is 0. The van der Waals surface area contributed by atoms with Gasteiger partial charge in [0, 0.05) is 18.4 Å². The lowest BCUT2D eigenvalue weighted by molar-refractivity contribution is 0.0696. The Morgan fingerprint density at radius 3 is 2.95 bits per heavy atom. The maximum absolute atomic E-state index is 11.2. The highest BCUT2D eigenvalue weighted by atomic mass is 16.4. The van der Waals surface area contributed by atoms with Crippen LogP contribution in [0.1, 0.15) is 21.5 Å². The van der Waals surface area contributed by atoms with E-state index in [1.807, 2.05) is 17.0 Å². The van der Waals surface area contributed by atoms with Gasteiger partial charge in [0.1, 0.15) is 5.82 Å². The highest BCUT2D eigenvalue weighted by Gasteiger charge is 2.25. The molecule has 0 bridgehead atoms. The van der Waals surface area contributed by atoms with Gasteiger partial charge in [0.2, 0.25) is 0 Å². The van der Waals surface area contributed by atoms with Crippen LogP contribution < -0.4 is 4.90 Å². The zero-order chi connectivity index (χ0) is 14.1. The van der Waals surface area contributed by atoms with Crippen LogP contribution in [0.5, 0.6) is 0 Å². The number of carboxylic acids is 1. The molecular weight excluding hydrogens is 256 g/mol. The van der Waals surface area contributed by atoms with Crippen LogP contribution in [0.15, 0.2) is 36.5 Å². The van der Waals surface area contributed by atoms with E-state index in [2.05, 4.69) is 4.98 Å². The van der Waals surface area contributed by atoms with Crippen molar-refractivity contribution in [2.75, 3.05) is 11.4 Å². The Morgan fingerprint density at radius 2 is 2.20 bits per heavy atom. The lowest BCUT2D eigenvalue weighted by atomic mass is 10.1. The van der Waals surface area contributed by atoms with Crippen molar-refractivity contribution in [3.05, 3.63) is 53.2 Å². The van der Waals surface area contributed by atoms with E-state index < -0.39 is 5.97 Å². The predicted octanol–water partition coefficient (Wildman–Crippen LogP) is 1.97. The van der Waals surface area contributed by atoms with Gasteiger partial charge in [-0.2, -0.15) is 0 Å². The Labute approximate surface area is 116 Å². The standard InChI is InChI=1S/C15H14N2O3/c18-9-10-4-6-16-14(8-10)17-7-5-11-12(15(19)20)2-1-3-13(11)17/h1-4,6,8,18H,5,7,9H2,(H,19,20). The van der Waals surface area contributed by atoms with Gasteiger partial charge in [-0.3, -0.25) is 0 Å². The molecule has 3 rings (SSSR count). The second-order valence-electron chi connectivity index (χ2n) is 4.69. The van der Waals surface area contributed by atoms with Gasteiger partial charge < -0.3 is 15.1 Å². The summed E-state index contributed by atoms with van der Waals surface area (Å²) in [5, 5.41) is 18.4. The fourth-order valence-electron chi connectivity index (χ4n) is 2.58. The van der Waals surface area contributed by atoms with Gasteiger partial charge in [-0.25, -0.2) is 9.78 Å². The number of aromatic carboxylic acids is 1. The summed E-state index contributed by atoms with van der Waals surface area (Å²) >= 11 is 0. The molecule has 20 heavy (non-hydrogen) atoms. The number of rotatable bonds is 3. The molecule has 1 aliphatic rings. The molecular formula is C15H14N2O3. The normalized spacial score (nSPS) is 13.3. The Morgan fingerprint density at radius 1 is 1.35 bits per heavy atom. The van der Waals surface area contributed by atoms with Crippen molar-refractivity contribution in [1.29, 1.82) is 0 Å². The highest BCUT2D eigenvalue weighted by molar-refractivity contribution is 5.92. The van der Waals surface area contributed by atoms with E-state index in [4.69, 9.17) is 0 Å². The van der Waals surface area contributed by atoms with E-state index in [0.717, 1.165) is 22.6 Å². The van der Waals surface area contributed by atoms with Crippen LogP contribution in [-0.4, -0.2) is 27.7 Å². The number of hydrogen-bond acceptors (Lipinski definition) is 4. The molecule has 0 saturated carbocycles. The van der Waals surface area contributed by atoms with Gasteiger partial charge in [0.05, 0.1) is 12.2 Å². The minimum absolute atomic E-state index is 0.0363. The first-order valence-corrected chi connectivity index (χ1v) is 6.39. The van der Waals surface area contributed by atoms with Crippen LogP contribution in [0, 0.1) is 0 Å². The van der Waals surface area contributed by atoms with Crippen LogP contribution in [0.25, 0.3) is 0 Å². The molecule has 0 aliphatic carbocycles. The minimum Gasteiger partial charge on any atom is -0.478 e. The minimum atomic E-state index is -0.902. The maximum atomic E-state index is 11.2. The molecule has 0 fully saturated rings. The van der Waals surface area contributed by atoms with Crippen LogP contribution in [0.3, 0.4) is 0 Å². The number of hydrogen-bond donors (Lipinski definition) is 2. The van der Waals surface area contributed by atoms with Crippen molar-refractivity contribution in [3.8, 4) is 0 Å². The predicted molar refractivity (Wildman–Crippen MR) is 74.3 cm³/mol. The fraction of sp³-hybridized carbons (Fsp3) is 0.200. The number of anilines is 2. The van der Waals surface area contributed by atoms with Gasteiger partial charge in [0.25, 0.3) is 0 Å². The van der Waals surface area contributed by atoms with Crippen molar-refractivity contribution < 1.29 is 15.0 Å². The Kier molecular flexibility index (Phi) is 3.12. The molecule has 0 saturated heterocycles.